The number of carbonyl (C=O) groups is 1. The van der Waals surface area contributed by atoms with Crippen molar-refractivity contribution in [1.29, 1.82) is 0 Å². The normalized spacial score (nSPS) is 11.6. The van der Waals surface area contributed by atoms with Crippen LogP contribution in [0.15, 0.2) is 77.9 Å². The summed E-state index contributed by atoms with van der Waals surface area (Å²) in [4.78, 5) is 12.7. The third-order valence-electron chi connectivity index (χ3n) is 6.65. The number of aryl methyl sites for hydroxylation is 3. The van der Waals surface area contributed by atoms with Gasteiger partial charge in [0, 0.05) is 22.5 Å². The minimum absolute atomic E-state index is 0.155. The molecule has 0 saturated carbocycles. The highest BCUT2D eigenvalue weighted by Gasteiger charge is 2.19. The highest BCUT2D eigenvalue weighted by molar-refractivity contribution is 7.92. The number of aromatic nitrogens is 1. The van der Waals surface area contributed by atoms with E-state index in [0.29, 0.717) is 16.3 Å². The zero-order valence-electron chi connectivity index (χ0n) is 22.6. The van der Waals surface area contributed by atoms with Gasteiger partial charge in [-0.05, 0) is 86.8 Å². The maximum absolute atomic E-state index is 12.7. The summed E-state index contributed by atoms with van der Waals surface area (Å²) in [5.41, 5.74) is 10.1. The molecule has 1 heterocycles. The monoisotopic (exact) mass is 562 g/mol. The Morgan fingerprint density at radius 1 is 0.974 bits per heavy atom. The average Bonchev–Trinajstić information content (AvgIpc) is 3.16. The minimum Gasteiger partial charge on any atom is -0.316 e. The van der Waals surface area contributed by atoms with Gasteiger partial charge in [0.25, 0.3) is 5.91 Å². The summed E-state index contributed by atoms with van der Waals surface area (Å²) in [6.45, 7) is 8.04. The molecule has 7 nitrogen and oxygen atoms in total. The number of benzene rings is 3. The van der Waals surface area contributed by atoms with Crippen LogP contribution in [0, 0.1) is 27.7 Å². The number of hydrazone groups is 1. The van der Waals surface area contributed by atoms with Crippen LogP contribution in [0.25, 0.3) is 5.69 Å². The molecule has 0 unspecified atom stereocenters. The zero-order valence-corrected chi connectivity index (χ0v) is 24.1. The van der Waals surface area contributed by atoms with Crippen molar-refractivity contribution in [1.82, 2.24) is 9.99 Å². The fourth-order valence-corrected chi connectivity index (χ4v) is 5.46. The Kier molecular flexibility index (Phi) is 8.28. The van der Waals surface area contributed by atoms with E-state index in [1.54, 1.807) is 36.5 Å². The van der Waals surface area contributed by atoms with Crippen LogP contribution in [0.5, 0.6) is 0 Å². The number of hydrogen-bond donors (Lipinski definition) is 1. The Bertz CT molecular complexity index is 1660. The summed E-state index contributed by atoms with van der Waals surface area (Å²) in [5, 5.41) is 4.80. The summed E-state index contributed by atoms with van der Waals surface area (Å²) >= 11 is 6.39. The molecule has 4 aromatic rings. The number of para-hydroxylation sites is 1. The largest absolute Gasteiger partial charge is 0.316 e. The van der Waals surface area contributed by atoms with E-state index in [-0.39, 0.29) is 12.5 Å². The van der Waals surface area contributed by atoms with Crippen molar-refractivity contribution in [3.05, 3.63) is 117 Å². The SMILES string of the molecule is Cc1ccc(N(Cc2ccc(C(=O)N/N=C\c3cc(C)n(-c4ccccc4Cl)c3C)cc2)S(C)(=O)=O)cc1C. The number of rotatable bonds is 8. The Labute approximate surface area is 234 Å². The molecule has 0 spiro atoms. The number of hydrogen-bond acceptors (Lipinski definition) is 4. The second-order valence-electron chi connectivity index (χ2n) is 9.55. The molecule has 1 N–H and O–H groups in total. The Morgan fingerprint density at radius 2 is 1.67 bits per heavy atom. The van der Waals surface area contributed by atoms with Gasteiger partial charge in [0.1, 0.15) is 0 Å². The smallest absolute Gasteiger partial charge is 0.271 e. The van der Waals surface area contributed by atoms with Gasteiger partial charge in [0.2, 0.25) is 10.0 Å². The van der Waals surface area contributed by atoms with E-state index >= 15 is 0 Å². The number of amides is 1. The number of nitrogens with zero attached hydrogens (tertiary/aromatic N) is 3. The molecule has 1 aromatic heterocycles. The molecule has 0 bridgehead atoms. The first-order valence-corrected chi connectivity index (χ1v) is 14.6. The molecule has 0 aliphatic rings. The van der Waals surface area contributed by atoms with Crippen molar-refractivity contribution < 1.29 is 13.2 Å². The van der Waals surface area contributed by atoms with Crippen molar-refractivity contribution in [2.45, 2.75) is 34.2 Å². The van der Waals surface area contributed by atoms with Crippen LogP contribution in [-0.4, -0.2) is 31.4 Å². The van der Waals surface area contributed by atoms with Crippen LogP contribution in [-0.2, 0) is 16.6 Å². The highest BCUT2D eigenvalue weighted by Crippen LogP contribution is 2.26. The fraction of sp³-hybridized carbons (Fsp3) is 0.200. The average molecular weight is 563 g/mol. The Morgan fingerprint density at radius 3 is 2.31 bits per heavy atom. The Balaban J connectivity index is 1.45. The van der Waals surface area contributed by atoms with Gasteiger partial charge < -0.3 is 4.57 Å². The summed E-state index contributed by atoms with van der Waals surface area (Å²) in [7, 11) is -3.51. The van der Waals surface area contributed by atoms with Crippen LogP contribution < -0.4 is 9.73 Å². The summed E-state index contributed by atoms with van der Waals surface area (Å²) in [5.74, 6) is -0.369. The first-order valence-electron chi connectivity index (χ1n) is 12.4. The number of carbonyl (C=O) groups excluding carboxylic acids is 1. The second-order valence-corrected chi connectivity index (χ2v) is 11.9. The minimum atomic E-state index is -3.51. The molecule has 0 aliphatic carbocycles. The van der Waals surface area contributed by atoms with Crippen LogP contribution in [0.2, 0.25) is 5.02 Å². The summed E-state index contributed by atoms with van der Waals surface area (Å²) in [6.07, 6.45) is 2.79. The number of halogens is 1. The molecule has 0 atom stereocenters. The molecule has 3 aromatic carbocycles. The molecule has 4 rings (SSSR count). The van der Waals surface area contributed by atoms with Crippen molar-refractivity contribution in [3.63, 3.8) is 0 Å². The van der Waals surface area contributed by atoms with Gasteiger partial charge in [-0.15, -0.1) is 0 Å². The molecular weight excluding hydrogens is 532 g/mol. The van der Waals surface area contributed by atoms with E-state index in [1.165, 1.54) is 10.6 Å². The molecule has 1 amide bonds. The third kappa shape index (κ3) is 6.41. The van der Waals surface area contributed by atoms with E-state index < -0.39 is 10.0 Å². The molecule has 9 heteroatoms. The summed E-state index contributed by atoms with van der Waals surface area (Å²) in [6, 6.07) is 22.0. The van der Waals surface area contributed by atoms with Crippen molar-refractivity contribution in [2.75, 3.05) is 10.6 Å². The van der Waals surface area contributed by atoms with Crippen LogP contribution >= 0.6 is 11.6 Å². The van der Waals surface area contributed by atoms with E-state index in [9.17, 15) is 13.2 Å². The van der Waals surface area contributed by atoms with E-state index in [0.717, 1.165) is 39.3 Å². The predicted molar refractivity (Wildman–Crippen MR) is 159 cm³/mol. The van der Waals surface area contributed by atoms with Gasteiger partial charge in [0.05, 0.1) is 35.4 Å². The lowest BCUT2D eigenvalue weighted by molar-refractivity contribution is 0.0955. The van der Waals surface area contributed by atoms with Gasteiger partial charge >= 0.3 is 0 Å². The molecule has 0 saturated heterocycles. The molecule has 0 fully saturated rings. The lowest BCUT2D eigenvalue weighted by Gasteiger charge is -2.23. The molecular formula is C30H31ClN4O3S. The lowest BCUT2D eigenvalue weighted by atomic mass is 10.1. The van der Waals surface area contributed by atoms with E-state index in [1.807, 2.05) is 74.7 Å². The number of anilines is 1. The van der Waals surface area contributed by atoms with Gasteiger partial charge in [-0.2, -0.15) is 5.10 Å². The van der Waals surface area contributed by atoms with Crippen molar-refractivity contribution in [2.24, 2.45) is 5.10 Å². The molecule has 0 aliphatic heterocycles. The first kappa shape index (κ1) is 28.1. The van der Waals surface area contributed by atoms with Crippen molar-refractivity contribution in [3.8, 4) is 5.69 Å². The van der Waals surface area contributed by atoms with Gasteiger partial charge in [0.15, 0.2) is 0 Å². The number of nitrogens with one attached hydrogen (secondary N) is 1. The van der Waals surface area contributed by atoms with Gasteiger partial charge in [-0.1, -0.05) is 41.9 Å². The lowest BCUT2D eigenvalue weighted by Crippen LogP contribution is -2.29. The van der Waals surface area contributed by atoms with Gasteiger partial charge in [-0.25, -0.2) is 13.8 Å². The van der Waals surface area contributed by atoms with Crippen LogP contribution in [0.3, 0.4) is 0 Å². The zero-order chi connectivity index (χ0) is 28.3. The third-order valence-corrected chi connectivity index (χ3v) is 8.11. The van der Waals surface area contributed by atoms with E-state index in [4.69, 9.17) is 11.6 Å². The maximum atomic E-state index is 12.7. The van der Waals surface area contributed by atoms with E-state index in [2.05, 4.69) is 10.5 Å². The Hall–Kier alpha value is -3.88. The quantitative estimate of drug-likeness (QED) is 0.208. The molecule has 202 valence electrons. The highest BCUT2D eigenvalue weighted by atomic mass is 35.5. The topological polar surface area (TPSA) is 83.8 Å². The van der Waals surface area contributed by atoms with Crippen molar-refractivity contribution >= 4 is 39.4 Å². The fourth-order valence-electron chi connectivity index (χ4n) is 4.36. The molecule has 39 heavy (non-hydrogen) atoms. The standard InChI is InChI=1S/C30H31ClN4O3S/c1-20-10-15-27(16-21(20)2)34(39(5,37)38)19-24-11-13-25(14-12-24)30(36)33-32-18-26-17-22(3)35(23(26)4)29-9-7-6-8-28(29)31/h6-18H,19H2,1-5H3,(H,33,36)/b32-18-. The predicted octanol–water partition coefficient (Wildman–Crippen LogP) is 6.09. The van der Waals surface area contributed by atoms with Gasteiger partial charge in [-0.3, -0.25) is 9.10 Å². The molecule has 0 radical (unpaired) electrons. The summed E-state index contributed by atoms with van der Waals surface area (Å²) < 4.78 is 28.5. The van der Waals surface area contributed by atoms with Crippen LogP contribution in [0.1, 0.15) is 44.0 Å². The second kappa shape index (κ2) is 11.5. The number of sulfonamides is 1. The van der Waals surface area contributed by atoms with Crippen LogP contribution in [0.4, 0.5) is 5.69 Å². The first-order chi connectivity index (χ1) is 18.5. The maximum Gasteiger partial charge on any atom is 0.271 e.